The molecule has 0 rings (SSSR count). The minimum absolute atomic E-state index is 0.130. The second-order valence-electron chi connectivity index (χ2n) is 2.05. The Hall–Kier alpha value is -0.890. The van der Waals surface area contributed by atoms with E-state index < -0.39 is 6.10 Å². The van der Waals surface area contributed by atoms with Crippen molar-refractivity contribution in [1.29, 1.82) is 0 Å². The van der Waals surface area contributed by atoms with Gasteiger partial charge in [-0.15, -0.1) is 6.58 Å². The first-order valence-corrected chi connectivity index (χ1v) is 3.15. The highest BCUT2D eigenvalue weighted by atomic mass is 16.3. The molecule has 1 atom stereocenters. The van der Waals surface area contributed by atoms with Crippen molar-refractivity contribution in [3.8, 4) is 0 Å². The molecule has 0 aromatic carbocycles. The van der Waals surface area contributed by atoms with Crippen molar-refractivity contribution in [3.05, 3.63) is 25.3 Å². The maximum Gasteiger partial charge on any atom is 0.157 e. The van der Waals surface area contributed by atoms with Crippen molar-refractivity contribution >= 4 is 5.78 Å². The summed E-state index contributed by atoms with van der Waals surface area (Å²) in [7, 11) is 0. The molecule has 0 radical (unpaired) electrons. The zero-order chi connectivity index (χ0) is 7.98. The van der Waals surface area contributed by atoms with Crippen LogP contribution in [0, 0.1) is 0 Å². The smallest absolute Gasteiger partial charge is 0.157 e. The summed E-state index contributed by atoms with van der Waals surface area (Å²) in [4.78, 5) is 10.6. The Morgan fingerprint density at radius 3 is 2.60 bits per heavy atom. The second kappa shape index (κ2) is 4.94. The van der Waals surface area contributed by atoms with E-state index in [0.29, 0.717) is 6.42 Å². The Morgan fingerprint density at radius 2 is 2.20 bits per heavy atom. The molecule has 0 heterocycles. The van der Waals surface area contributed by atoms with Gasteiger partial charge in [0.2, 0.25) is 0 Å². The van der Waals surface area contributed by atoms with Crippen molar-refractivity contribution in [2.75, 3.05) is 0 Å². The van der Waals surface area contributed by atoms with E-state index in [1.807, 2.05) is 0 Å². The fraction of sp³-hybridized carbons (Fsp3) is 0.375. The van der Waals surface area contributed by atoms with Crippen molar-refractivity contribution < 1.29 is 9.90 Å². The summed E-state index contributed by atoms with van der Waals surface area (Å²) < 4.78 is 0. The first kappa shape index (κ1) is 9.11. The van der Waals surface area contributed by atoms with E-state index >= 15 is 0 Å². The Balaban J connectivity index is 3.55. The molecule has 0 aliphatic heterocycles. The first-order chi connectivity index (χ1) is 4.70. The van der Waals surface area contributed by atoms with E-state index in [1.54, 1.807) is 6.08 Å². The van der Waals surface area contributed by atoms with E-state index in [-0.39, 0.29) is 12.2 Å². The Kier molecular flexibility index (Phi) is 4.50. The van der Waals surface area contributed by atoms with E-state index in [9.17, 15) is 4.79 Å². The minimum Gasteiger partial charge on any atom is -0.392 e. The molecule has 0 aromatic rings. The molecule has 1 unspecified atom stereocenters. The van der Waals surface area contributed by atoms with Gasteiger partial charge in [-0.25, -0.2) is 0 Å². The predicted molar refractivity (Wildman–Crippen MR) is 40.6 cm³/mol. The lowest BCUT2D eigenvalue weighted by Crippen LogP contribution is -2.10. The first-order valence-electron chi connectivity index (χ1n) is 3.15. The molecule has 0 amide bonds. The van der Waals surface area contributed by atoms with Crippen LogP contribution in [-0.4, -0.2) is 17.0 Å². The van der Waals surface area contributed by atoms with Gasteiger partial charge < -0.3 is 5.11 Å². The number of ketones is 1. The van der Waals surface area contributed by atoms with E-state index in [1.165, 1.54) is 6.08 Å². The number of aliphatic hydroxyl groups excluding tert-OH is 1. The minimum atomic E-state index is -0.594. The summed E-state index contributed by atoms with van der Waals surface area (Å²) in [5.74, 6) is -0.130. The third-order valence-electron chi connectivity index (χ3n) is 1.10. The molecule has 1 N–H and O–H groups in total. The van der Waals surface area contributed by atoms with Gasteiger partial charge in [0.1, 0.15) is 0 Å². The largest absolute Gasteiger partial charge is 0.392 e. The van der Waals surface area contributed by atoms with Crippen LogP contribution >= 0.6 is 0 Å². The lowest BCUT2D eigenvalue weighted by molar-refractivity contribution is -0.116. The molecular formula is C8H12O2. The van der Waals surface area contributed by atoms with Gasteiger partial charge in [-0.3, -0.25) is 4.79 Å². The highest BCUT2D eigenvalue weighted by molar-refractivity contribution is 5.89. The number of carbonyl (C=O) groups is 1. The molecule has 56 valence electrons. The summed E-state index contributed by atoms with van der Waals surface area (Å²) in [6.07, 6.45) is 2.81. The predicted octanol–water partition coefficient (Wildman–Crippen LogP) is 1.07. The molecule has 2 nitrogen and oxygen atoms in total. The van der Waals surface area contributed by atoms with Gasteiger partial charge >= 0.3 is 0 Å². The second-order valence-corrected chi connectivity index (χ2v) is 2.05. The van der Waals surface area contributed by atoms with Crippen LogP contribution < -0.4 is 0 Å². The highest BCUT2D eigenvalue weighted by Gasteiger charge is 2.04. The number of hydrogen-bond donors (Lipinski definition) is 1. The molecular weight excluding hydrogens is 128 g/mol. The van der Waals surface area contributed by atoms with Gasteiger partial charge in [0, 0.05) is 6.42 Å². The fourth-order valence-electron chi connectivity index (χ4n) is 0.591. The highest BCUT2D eigenvalue weighted by Crippen LogP contribution is 1.98. The van der Waals surface area contributed by atoms with Crippen LogP contribution in [0.15, 0.2) is 25.3 Å². The Bertz CT molecular complexity index is 138. The number of carbonyl (C=O) groups excluding carboxylic acids is 1. The molecule has 0 fully saturated rings. The average molecular weight is 140 g/mol. The normalized spacial score (nSPS) is 12.1. The van der Waals surface area contributed by atoms with Crippen LogP contribution in [-0.2, 0) is 4.79 Å². The quantitative estimate of drug-likeness (QED) is 0.458. The van der Waals surface area contributed by atoms with Crippen molar-refractivity contribution in [2.45, 2.75) is 18.9 Å². The molecule has 0 bridgehead atoms. The number of rotatable bonds is 5. The molecule has 0 aromatic heterocycles. The third-order valence-corrected chi connectivity index (χ3v) is 1.10. The topological polar surface area (TPSA) is 37.3 Å². The molecule has 0 saturated carbocycles. The van der Waals surface area contributed by atoms with Crippen LogP contribution in [0.5, 0.6) is 0 Å². The zero-order valence-corrected chi connectivity index (χ0v) is 5.92. The molecule has 0 aliphatic rings. The van der Waals surface area contributed by atoms with Crippen molar-refractivity contribution in [3.63, 3.8) is 0 Å². The van der Waals surface area contributed by atoms with E-state index in [2.05, 4.69) is 13.2 Å². The average Bonchev–Trinajstić information content (AvgIpc) is 1.88. The number of aliphatic hydroxyl groups is 1. The standard InChI is InChI=1S/C8H12O2/c1-3-5-8(10)6-7(9)4-2/h3-4,8,10H,1-2,5-6H2. The molecule has 0 saturated heterocycles. The monoisotopic (exact) mass is 140 g/mol. The molecule has 0 aliphatic carbocycles. The number of allylic oxidation sites excluding steroid dienone is 1. The third kappa shape index (κ3) is 4.04. The molecule has 10 heavy (non-hydrogen) atoms. The Labute approximate surface area is 60.9 Å². The Morgan fingerprint density at radius 1 is 1.60 bits per heavy atom. The summed E-state index contributed by atoms with van der Waals surface area (Å²) in [5.41, 5.74) is 0. The van der Waals surface area contributed by atoms with Gasteiger partial charge in [-0.1, -0.05) is 12.7 Å². The molecule has 0 spiro atoms. The van der Waals surface area contributed by atoms with Crippen LogP contribution in [0.25, 0.3) is 0 Å². The van der Waals surface area contributed by atoms with Gasteiger partial charge in [-0.05, 0) is 12.5 Å². The summed E-state index contributed by atoms with van der Waals surface area (Å²) in [6, 6.07) is 0. The fourth-order valence-corrected chi connectivity index (χ4v) is 0.591. The van der Waals surface area contributed by atoms with Crippen molar-refractivity contribution in [1.82, 2.24) is 0 Å². The maximum absolute atomic E-state index is 10.6. The number of hydrogen-bond acceptors (Lipinski definition) is 2. The lowest BCUT2D eigenvalue weighted by atomic mass is 10.1. The van der Waals surface area contributed by atoms with Gasteiger partial charge in [0.05, 0.1) is 6.10 Å². The van der Waals surface area contributed by atoms with Crippen molar-refractivity contribution in [2.24, 2.45) is 0 Å². The zero-order valence-electron chi connectivity index (χ0n) is 5.92. The lowest BCUT2D eigenvalue weighted by Gasteiger charge is -2.02. The van der Waals surface area contributed by atoms with Gasteiger partial charge in [-0.2, -0.15) is 0 Å². The van der Waals surface area contributed by atoms with Crippen LogP contribution in [0.1, 0.15) is 12.8 Å². The van der Waals surface area contributed by atoms with Gasteiger partial charge in [0.15, 0.2) is 5.78 Å². The van der Waals surface area contributed by atoms with Gasteiger partial charge in [0.25, 0.3) is 0 Å². The van der Waals surface area contributed by atoms with Crippen LogP contribution in [0.3, 0.4) is 0 Å². The maximum atomic E-state index is 10.6. The summed E-state index contributed by atoms with van der Waals surface area (Å²) in [5, 5.41) is 9.01. The van der Waals surface area contributed by atoms with E-state index in [0.717, 1.165) is 0 Å². The summed E-state index contributed by atoms with van der Waals surface area (Å²) in [6.45, 7) is 6.72. The molecule has 2 heteroatoms. The summed E-state index contributed by atoms with van der Waals surface area (Å²) >= 11 is 0. The SMILES string of the molecule is C=CCC(O)CC(=O)C=C. The van der Waals surface area contributed by atoms with E-state index in [4.69, 9.17) is 5.11 Å². The van der Waals surface area contributed by atoms with Crippen LogP contribution in [0.2, 0.25) is 0 Å². The van der Waals surface area contributed by atoms with Crippen LogP contribution in [0.4, 0.5) is 0 Å².